The SMILES string of the molecule is Cc1cc(-c2ccccn2)sc1-c1ccc(C(N)=O)cc1. The van der Waals surface area contributed by atoms with Crippen molar-refractivity contribution in [3.63, 3.8) is 0 Å². The van der Waals surface area contributed by atoms with Gasteiger partial charge >= 0.3 is 0 Å². The van der Waals surface area contributed by atoms with Crippen molar-refractivity contribution in [3.8, 4) is 21.0 Å². The molecule has 1 amide bonds. The van der Waals surface area contributed by atoms with Gasteiger partial charge in [-0.1, -0.05) is 18.2 Å². The molecule has 0 atom stereocenters. The zero-order valence-corrected chi connectivity index (χ0v) is 12.4. The molecule has 104 valence electrons. The van der Waals surface area contributed by atoms with Crippen LogP contribution in [0.1, 0.15) is 15.9 Å². The molecule has 4 heteroatoms. The molecule has 21 heavy (non-hydrogen) atoms. The van der Waals surface area contributed by atoms with E-state index in [1.54, 1.807) is 29.7 Å². The number of thiophene rings is 1. The Bertz CT molecular complexity index is 776. The fourth-order valence-corrected chi connectivity index (χ4v) is 3.34. The zero-order valence-electron chi connectivity index (χ0n) is 11.5. The maximum atomic E-state index is 11.1. The van der Waals surface area contributed by atoms with Crippen molar-refractivity contribution in [2.75, 3.05) is 0 Å². The van der Waals surface area contributed by atoms with Gasteiger partial charge in [0, 0.05) is 16.6 Å². The first-order chi connectivity index (χ1) is 10.1. The van der Waals surface area contributed by atoms with Gasteiger partial charge in [-0.05, 0) is 48.4 Å². The standard InChI is InChI=1S/C17H14N2OS/c1-11-10-15(14-4-2-3-9-19-14)21-16(11)12-5-7-13(8-6-12)17(18)20/h2-10H,1H3,(H2,18,20). The number of amides is 1. The van der Waals surface area contributed by atoms with Crippen LogP contribution in [-0.4, -0.2) is 10.9 Å². The summed E-state index contributed by atoms with van der Waals surface area (Å²) in [6.07, 6.45) is 1.80. The molecule has 0 radical (unpaired) electrons. The smallest absolute Gasteiger partial charge is 0.248 e. The van der Waals surface area contributed by atoms with E-state index in [2.05, 4.69) is 18.0 Å². The van der Waals surface area contributed by atoms with E-state index in [0.717, 1.165) is 16.1 Å². The van der Waals surface area contributed by atoms with Crippen LogP contribution < -0.4 is 5.73 Å². The number of hydrogen-bond acceptors (Lipinski definition) is 3. The minimum absolute atomic E-state index is 0.404. The van der Waals surface area contributed by atoms with E-state index in [1.807, 2.05) is 30.3 Å². The molecule has 3 rings (SSSR count). The lowest BCUT2D eigenvalue weighted by molar-refractivity contribution is 0.100. The first-order valence-corrected chi connectivity index (χ1v) is 7.39. The molecule has 0 fully saturated rings. The lowest BCUT2D eigenvalue weighted by Crippen LogP contribution is -2.10. The molecule has 0 unspecified atom stereocenters. The lowest BCUT2D eigenvalue weighted by Gasteiger charge is -2.01. The number of pyridine rings is 1. The van der Waals surface area contributed by atoms with Crippen molar-refractivity contribution in [1.29, 1.82) is 0 Å². The molecule has 0 bridgehead atoms. The second kappa shape index (κ2) is 5.50. The summed E-state index contributed by atoms with van der Waals surface area (Å²) in [4.78, 5) is 17.8. The Balaban J connectivity index is 2.00. The van der Waals surface area contributed by atoms with Crippen molar-refractivity contribution >= 4 is 17.2 Å². The average Bonchev–Trinajstić information content (AvgIpc) is 2.90. The highest BCUT2D eigenvalue weighted by Gasteiger charge is 2.10. The average molecular weight is 294 g/mol. The molecule has 2 aromatic heterocycles. The minimum atomic E-state index is -0.404. The van der Waals surface area contributed by atoms with Gasteiger partial charge in [0.1, 0.15) is 0 Å². The first kappa shape index (κ1) is 13.5. The van der Waals surface area contributed by atoms with Crippen molar-refractivity contribution in [2.45, 2.75) is 6.92 Å². The molecule has 1 aromatic carbocycles. The quantitative estimate of drug-likeness (QED) is 0.797. The highest BCUT2D eigenvalue weighted by Crippen LogP contribution is 2.37. The van der Waals surface area contributed by atoms with Crippen LogP contribution in [0.2, 0.25) is 0 Å². The normalized spacial score (nSPS) is 10.5. The van der Waals surface area contributed by atoms with E-state index in [9.17, 15) is 4.79 Å². The molecule has 2 heterocycles. The summed E-state index contributed by atoms with van der Waals surface area (Å²) in [5.74, 6) is -0.404. The third kappa shape index (κ3) is 2.71. The minimum Gasteiger partial charge on any atom is -0.366 e. The fraction of sp³-hybridized carbons (Fsp3) is 0.0588. The highest BCUT2D eigenvalue weighted by molar-refractivity contribution is 7.19. The molecular formula is C17H14N2OS. The van der Waals surface area contributed by atoms with Crippen molar-refractivity contribution in [1.82, 2.24) is 4.98 Å². The first-order valence-electron chi connectivity index (χ1n) is 6.57. The van der Waals surface area contributed by atoms with Gasteiger partial charge in [-0.2, -0.15) is 0 Å². The molecule has 3 aromatic rings. The number of nitrogens with zero attached hydrogens (tertiary/aromatic N) is 1. The number of carbonyl (C=O) groups is 1. The predicted molar refractivity (Wildman–Crippen MR) is 86.2 cm³/mol. The van der Waals surface area contributed by atoms with E-state index < -0.39 is 5.91 Å². The molecule has 0 aliphatic heterocycles. The van der Waals surface area contributed by atoms with Crippen LogP contribution in [0.5, 0.6) is 0 Å². The number of rotatable bonds is 3. The van der Waals surface area contributed by atoms with Gasteiger partial charge in [0.2, 0.25) is 5.91 Å². The molecule has 0 saturated carbocycles. The zero-order chi connectivity index (χ0) is 14.8. The van der Waals surface area contributed by atoms with Gasteiger partial charge in [-0.3, -0.25) is 9.78 Å². The molecular weight excluding hydrogens is 280 g/mol. The van der Waals surface area contributed by atoms with Gasteiger partial charge in [-0.25, -0.2) is 0 Å². The summed E-state index contributed by atoms with van der Waals surface area (Å²) in [7, 11) is 0. The van der Waals surface area contributed by atoms with Crippen molar-refractivity contribution in [3.05, 3.63) is 65.9 Å². The number of primary amides is 1. The summed E-state index contributed by atoms with van der Waals surface area (Å²) >= 11 is 1.70. The van der Waals surface area contributed by atoms with E-state index in [1.165, 1.54) is 10.4 Å². The third-order valence-corrected chi connectivity index (χ3v) is 4.58. The van der Waals surface area contributed by atoms with Crippen LogP contribution in [0.15, 0.2) is 54.7 Å². The van der Waals surface area contributed by atoms with Gasteiger partial charge in [0.25, 0.3) is 0 Å². The van der Waals surface area contributed by atoms with Gasteiger partial charge in [0.15, 0.2) is 0 Å². The summed E-state index contributed by atoms with van der Waals surface area (Å²) in [6.45, 7) is 2.08. The predicted octanol–water partition coefficient (Wildman–Crippen LogP) is 3.88. The Morgan fingerprint density at radius 3 is 2.52 bits per heavy atom. The van der Waals surface area contributed by atoms with Gasteiger partial charge in [0.05, 0.1) is 10.6 Å². The van der Waals surface area contributed by atoms with E-state index in [4.69, 9.17) is 5.73 Å². The lowest BCUT2D eigenvalue weighted by atomic mass is 10.1. The van der Waals surface area contributed by atoms with Crippen molar-refractivity contribution < 1.29 is 4.79 Å². The molecule has 2 N–H and O–H groups in total. The second-order valence-electron chi connectivity index (χ2n) is 4.78. The largest absolute Gasteiger partial charge is 0.366 e. The number of nitrogens with two attached hydrogens (primary N) is 1. The highest BCUT2D eigenvalue weighted by atomic mass is 32.1. The van der Waals surface area contributed by atoms with Crippen LogP contribution in [-0.2, 0) is 0 Å². The molecule has 0 saturated heterocycles. The maximum Gasteiger partial charge on any atom is 0.248 e. The number of benzene rings is 1. The summed E-state index contributed by atoms with van der Waals surface area (Å²) < 4.78 is 0. The Kier molecular flexibility index (Phi) is 3.54. The second-order valence-corrected chi connectivity index (χ2v) is 5.83. The van der Waals surface area contributed by atoms with E-state index >= 15 is 0 Å². The Morgan fingerprint density at radius 2 is 1.90 bits per heavy atom. The van der Waals surface area contributed by atoms with Crippen molar-refractivity contribution in [2.24, 2.45) is 5.73 Å². The summed E-state index contributed by atoms with van der Waals surface area (Å²) in [5, 5.41) is 0. The number of hydrogen-bond donors (Lipinski definition) is 1. The fourth-order valence-electron chi connectivity index (χ4n) is 2.19. The Morgan fingerprint density at radius 1 is 1.14 bits per heavy atom. The number of aryl methyl sites for hydroxylation is 1. The number of aromatic nitrogens is 1. The van der Waals surface area contributed by atoms with Crippen LogP contribution in [0.3, 0.4) is 0 Å². The molecule has 3 nitrogen and oxygen atoms in total. The monoisotopic (exact) mass is 294 g/mol. The van der Waals surface area contributed by atoms with Crippen LogP contribution in [0.25, 0.3) is 21.0 Å². The number of carbonyl (C=O) groups excluding carboxylic acids is 1. The van der Waals surface area contributed by atoms with Gasteiger partial charge < -0.3 is 5.73 Å². The molecule has 0 aliphatic rings. The van der Waals surface area contributed by atoms with Crippen LogP contribution in [0, 0.1) is 6.92 Å². The Labute approximate surface area is 127 Å². The Hall–Kier alpha value is -2.46. The van der Waals surface area contributed by atoms with Crippen LogP contribution >= 0.6 is 11.3 Å². The third-order valence-electron chi connectivity index (χ3n) is 3.27. The summed E-state index contributed by atoms with van der Waals surface area (Å²) in [5.41, 5.74) is 9.06. The maximum absolute atomic E-state index is 11.1. The molecule has 0 spiro atoms. The summed E-state index contributed by atoms with van der Waals surface area (Å²) in [6, 6.07) is 15.4. The molecule has 0 aliphatic carbocycles. The van der Waals surface area contributed by atoms with E-state index in [0.29, 0.717) is 5.56 Å². The van der Waals surface area contributed by atoms with Crippen LogP contribution in [0.4, 0.5) is 0 Å². The van der Waals surface area contributed by atoms with E-state index in [-0.39, 0.29) is 0 Å². The van der Waals surface area contributed by atoms with Gasteiger partial charge in [-0.15, -0.1) is 11.3 Å². The topological polar surface area (TPSA) is 56.0 Å².